The smallest absolute Gasteiger partial charge is 0.461 e. The second-order valence-electron chi connectivity index (χ2n) is 8.49. The van der Waals surface area contributed by atoms with Gasteiger partial charge in [0, 0.05) is 23.6 Å². The highest BCUT2D eigenvalue weighted by Crippen LogP contribution is 2.61. The predicted octanol–water partition coefficient (Wildman–Crippen LogP) is -0.627. The second-order valence-corrected chi connectivity index (χ2v) is 14.5. The third-order valence-electron chi connectivity index (χ3n) is 5.45. The van der Waals surface area contributed by atoms with Crippen molar-refractivity contribution in [3.8, 4) is 0 Å². The molecule has 0 unspecified atom stereocenters. The Hall–Kier alpha value is -3.36. The molecule has 7 N–H and O–H groups in total. The van der Waals surface area contributed by atoms with Gasteiger partial charge in [-0.3, -0.25) is 33.2 Å². The van der Waals surface area contributed by atoms with Gasteiger partial charge in [-0.2, -0.15) is 0 Å². The van der Waals surface area contributed by atoms with Crippen LogP contribution in [-0.2, 0) is 42.6 Å². The SMILES string of the molecule is CO/N=C(\C(=O)N[C@@H]1C(=O)N2C(OC(=O)O)=C(COC(C)=O)CS[C@@H]12)c1csc(NC(=O)CC(P(=O)(O)O)P(=O)(O)O)n1. The van der Waals surface area contributed by atoms with Crippen molar-refractivity contribution in [3.63, 3.8) is 0 Å². The zero-order valence-electron chi connectivity index (χ0n) is 21.8. The average molecular weight is 687 g/mol. The van der Waals surface area contributed by atoms with Gasteiger partial charge in [0.25, 0.3) is 11.8 Å². The topological polar surface area (TPSA) is 301 Å². The van der Waals surface area contributed by atoms with Gasteiger partial charge in [-0.15, -0.1) is 23.1 Å². The first-order valence-corrected chi connectivity index (χ1v) is 16.7. The van der Waals surface area contributed by atoms with E-state index in [1.54, 1.807) is 0 Å². The number of nitrogens with one attached hydrogen (secondary N) is 2. The lowest BCUT2D eigenvalue weighted by atomic mass is 10.1. The Labute approximate surface area is 248 Å². The van der Waals surface area contributed by atoms with Crippen molar-refractivity contribution in [2.24, 2.45) is 5.16 Å². The summed E-state index contributed by atoms with van der Waals surface area (Å²) in [7, 11) is -9.62. The molecule has 0 bridgehead atoms. The highest BCUT2D eigenvalue weighted by atomic mass is 32.2. The normalized spacial score (nSPS) is 18.9. The van der Waals surface area contributed by atoms with Crippen molar-refractivity contribution in [1.29, 1.82) is 0 Å². The molecule has 2 atom stereocenters. The zero-order valence-corrected chi connectivity index (χ0v) is 25.2. The number of hydrogen-bond donors (Lipinski definition) is 7. The van der Waals surface area contributed by atoms with Crippen LogP contribution in [0.2, 0.25) is 0 Å². The lowest BCUT2D eigenvalue weighted by Crippen LogP contribution is -2.70. The van der Waals surface area contributed by atoms with Crippen LogP contribution in [-0.4, -0.2) is 106 Å². The van der Waals surface area contributed by atoms with E-state index in [-0.39, 0.29) is 34.6 Å². The summed E-state index contributed by atoms with van der Waals surface area (Å²) in [4.78, 5) is 107. The van der Waals surface area contributed by atoms with Crippen LogP contribution in [0.25, 0.3) is 0 Å². The van der Waals surface area contributed by atoms with E-state index < -0.39 is 74.0 Å². The Kier molecular flexibility index (Phi) is 10.7. The quantitative estimate of drug-likeness (QED) is 0.0473. The van der Waals surface area contributed by atoms with Gasteiger partial charge in [0.05, 0.1) is 6.42 Å². The molecule has 43 heavy (non-hydrogen) atoms. The number of rotatable bonds is 12. The highest BCUT2D eigenvalue weighted by Gasteiger charge is 2.54. The Morgan fingerprint density at radius 1 is 1.21 bits per heavy atom. The molecule has 20 nitrogen and oxygen atoms in total. The summed E-state index contributed by atoms with van der Waals surface area (Å²) < 4.78 is 32.5. The molecule has 0 aliphatic carbocycles. The molecular formula is C19H23N5O15P2S2. The molecule has 2 aliphatic rings. The zero-order chi connectivity index (χ0) is 32.3. The average Bonchev–Trinajstić information content (AvgIpc) is 3.33. The Morgan fingerprint density at radius 3 is 2.42 bits per heavy atom. The lowest BCUT2D eigenvalue weighted by Gasteiger charge is -2.49. The molecule has 0 spiro atoms. The van der Waals surface area contributed by atoms with E-state index in [0.29, 0.717) is 0 Å². The summed E-state index contributed by atoms with van der Waals surface area (Å²) in [5.41, 5.74) is -0.439. The van der Waals surface area contributed by atoms with Crippen LogP contribution in [0.5, 0.6) is 0 Å². The molecule has 1 aromatic heterocycles. The number of anilines is 1. The number of aromatic nitrogens is 1. The first-order chi connectivity index (χ1) is 19.9. The van der Waals surface area contributed by atoms with Gasteiger partial charge in [0.2, 0.25) is 11.8 Å². The minimum atomic E-state index is -5.36. The van der Waals surface area contributed by atoms with Crippen LogP contribution < -0.4 is 10.6 Å². The minimum absolute atomic E-state index is 0.0930. The standard InChI is InChI=1S/C19H23N5O15P2S2/c1-7(25)38-4-8-5-42-17-13(15(28)24(17)16(8)39-19(29)30)22-14(27)12(23-37-2)9-6-43-18(20-9)21-10(26)3-11(40(31,32)33)41(34,35)36/h6,11,13,17H,3-5H2,1-2H3,(H,22,27)(H,29,30)(H,20,21,26)(H2,31,32,33)(H2,34,35,36)/b23-12-/t13-,17+/m1/s1. The van der Waals surface area contributed by atoms with Crippen LogP contribution in [0.15, 0.2) is 22.0 Å². The van der Waals surface area contributed by atoms with Gasteiger partial charge in [-0.25, -0.2) is 9.78 Å². The van der Waals surface area contributed by atoms with E-state index in [0.717, 1.165) is 42.0 Å². The van der Waals surface area contributed by atoms with Crippen LogP contribution in [0.4, 0.5) is 9.93 Å². The number of β-lactam (4-membered cyclic amide) rings is 1. The predicted molar refractivity (Wildman–Crippen MR) is 145 cm³/mol. The number of fused-ring (bicyclic) bond motifs is 1. The number of thioether (sulfide) groups is 1. The van der Waals surface area contributed by atoms with Gasteiger partial charge in [0.15, 0.2) is 16.2 Å². The second kappa shape index (κ2) is 13.5. The largest absolute Gasteiger partial charge is 0.512 e. The van der Waals surface area contributed by atoms with Crippen LogP contribution >= 0.6 is 38.3 Å². The number of esters is 1. The van der Waals surface area contributed by atoms with Crippen molar-refractivity contribution in [2.45, 2.75) is 30.2 Å². The van der Waals surface area contributed by atoms with Gasteiger partial charge in [-0.05, 0) is 0 Å². The van der Waals surface area contributed by atoms with Crippen molar-refractivity contribution in [1.82, 2.24) is 15.2 Å². The molecule has 2 aliphatic heterocycles. The molecule has 3 amide bonds. The van der Waals surface area contributed by atoms with E-state index in [4.69, 9.17) is 14.6 Å². The molecule has 1 aromatic rings. The summed E-state index contributed by atoms with van der Waals surface area (Å²) in [5.74, 6) is -3.82. The minimum Gasteiger partial charge on any atom is -0.461 e. The summed E-state index contributed by atoms with van der Waals surface area (Å²) in [6, 6.07) is -1.18. The van der Waals surface area contributed by atoms with Crippen molar-refractivity contribution >= 4 is 79.0 Å². The van der Waals surface area contributed by atoms with Crippen LogP contribution in [0, 0.1) is 0 Å². The number of amides is 3. The molecule has 1 fully saturated rings. The first-order valence-electron chi connectivity index (χ1n) is 11.4. The molecule has 1 saturated heterocycles. The molecule has 0 radical (unpaired) electrons. The maximum absolute atomic E-state index is 13.1. The number of ether oxygens (including phenoxy) is 2. The van der Waals surface area contributed by atoms with Crippen LogP contribution in [0.1, 0.15) is 19.0 Å². The van der Waals surface area contributed by atoms with Gasteiger partial charge in [-0.1, -0.05) is 5.16 Å². The molecule has 0 aromatic carbocycles. The summed E-state index contributed by atoms with van der Waals surface area (Å²) >= 11 is 1.84. The van der Waals surface area contributed by atoms with Crippen molar-refractivity contribution in [3.05, 3.63) is 22.5 Å². The number of carboxylic acid groups (broad SMARTS) is 1. The Bertz CT molecular complexity index is 1460. The van der Waals surface area contributed by atoms with Gasteiger partial charge < -0.3 is 49.6 Å². The van der Waals surface area contributed by atoms with E-state index in [9.17, 15) is 52.7 Å². The molecule has 236 valence electrons. The molecule has 0 saturated carbocycles. The maximum atomic E-state index is 13.1. The monoisotopic (exact) mass is 687 g/mol. The van der Waals surface area contributed by atoms with Crippen molar-refractivity contribution in [2.75, 3.05) is 24.8 Å². The Balaban J connectivity index is 1.72. The number of hydrogen-bond acceptors (Lipinski definition) is 14. The fourth-order valence-corrected chi connectivity index (χ4v) is 8.00. The maximum Gasteiger partial charge on any atom is 0.512 e. The van der Waals surface area contributed by atoms with E-state index in [2.05, 4.69) is 25.6 Å². The number of thiazole rings is 1. The molecular weight excluding hydrogens is 664 g/mol. The lowest BCUT2D eigenvalue weighted by molar-refractivity contribution is -0.148. The molecule has 3 rings (SSSR count). The number of oxime groups is 1. The summed E-state index contributed by atoms with van der Waals surface area (Å²) in [6.45, 7) is 0.815. The van der Waals surface area contributed by atoms with Crippen molar-refractivity contribution < 1.29 is 72.1 Å². The third-order valence-corrected chi connectivity index (χ3v) is 11.3. The number of nitrogens with zero attached hydrogens (tertiary/aromatic N) is 3. The molecule has 3 heterocycles. The van der Waals surface area contributed by atoms with E-state index in [1.807, 2.05) is 0 Å². The fraction of sp³-hybridized carbons (Fsp3) is 0.421. The van der Waals surface area contributed by atoms with Gasteiger partial charge >= 0.3 is 27.3 Å². The Morgan fingerprint density at radius 2 is 1.86 bits per heavy atom. The first kappa shape index (κ1) is 34.1. The van der Waals surface area contributed by atoms with Crippen LogP contribution in [0.3, 0.4) is 0 Å². The number of carbonyl (C=O) groups is 5. The van der Waals surface area contributed by atoms with E-state index >= 15 is 0 Å². The molecule has 24 heteroatoms. The fourth-order valence-electron chi connectivity index (χ4n) is 3.61. The highest BCUT2D eigenvalue weighted by molar-refractivity contribution is 8.00. The summed E-state index contributed by atoms with van der Waals surface area (Å²) in [6.07, 6.45) is -2.96. The summed E-state index contributed by atoms with van der Waals surface area (Å²) in [5, 5.41) is 14.8. The third kappa shape index (κ3) is 8.39. The number of carbonyl (C=O) groups excluding carboxylic acids is 4. The van der Waals surface area contributed by atoms with Gasteiger partial charge in [0.1, 0.15) is 30.8 Å². The van der Waals surface area contributed by atoms with E-state index in [1.165, 1.54) is 5.38 Å².